The second kappa shape index (κ2) is 6.42. The van der Waals surface area contributed by atoms with Crippen LogP contribution in [-0.2, 0) is 6.54 Å². The van der Waals surface area contributed by atoms with E-state index in [0.717, 1.165) is 11.3 Å². The van der Waals surface area contributed by atoms with Crippen molar-refractivity contribution in [2.75, 3.05) is 10.6 Å². The molecule has 21 heavy (non-hydrogen) atoms. The molecule has 2 amide bonds. The van der Waals surface area contributed by atoms with E-state index < -0.39 is 12.0 Å². The highest BCUT2D eigenvalue weighted by Crippen LogP contribution is 2.14. The third-order valence-electron chi connectivity index (χ3n) is 2.85. The van der Waals surface area contributed by atoms with Gasteiger partial charge in [0.25, 0.3) is 0 Å². The quantitative estimate of drug-likeness (QED) is 0.677. The maximum atomic E-state index is 10.7. The minimum absolute atomic E-state index is 0.264. The predicted octanol–water partition coefficient (Wildman–Crippen LogP) is 2.49. The Bertz CT molecular complexity index is 636. The van der Waals surface area contributed by atoms with E-state index in [0.29, 0.717) is 12.2 Å². The highest BCUT2D eigenvalue weighted by atomic mass is 16.4. The van der Waals surface area contributed by atoms with Crippen LogP contribution >= 0.6 is 0 Å². The molecule has 0 aliphatic carbocycles. The molecule has 0 radical (unpaired) electrons. The SMILES string of the molecule is NC(=O)Nc1ccc(NCc2ccc(C(=O)O)cc2)cc1. The molecule has 0 saturated heterocycles. The van der Waals surface area contributed by atoms with E-state index in [4.69, 9.17) is 10.8 Å². The number of benzene rings is 2. The molecule has 2 rings (SSSR count). The highest BCUT2D eigenvalue weighted by Gasteiger charge is 2.02. The van der Waals surface area contributed by atoms with Gasteiger partial charge in [0.1, 0.15) is 0 Å². The first-order valence-corrected chi connectivity index (χ1v) is 6.27. The van der Waals surface area contributed by atoms with Crippen LogP contribution in [0.3, 0.4) is 0 Å². The van der Waals surface area contributed by atoms with Gasteiger partial charge in [-0.1, -0.05) is 12.1 Å². The number of carboxylic acids is 1. The van der Waals surface area contributed by atoms with Crippen molar-refractivity contribution >= 4 is 23.4 Å². The fourth-order valence-electron chi connectivity index (χ4n) is 1.78. The number of urea groups is 1. The molecule has 0 aromatic heterocycles. The standard InChI is InChI=1S/C15H15N3O3/c16-15(21)18-13-7-5-12(6-8-13)17-9-10-1-3-11(4-2-10)14(19)20/h1-8,17H,9H2,(H,19,20)(H3,16,18,21). The molecular weight excluding hydrogens is 270 g/mol. The van der Waals surface area contributed by atoms with Crippen LogP contribution in [0, 0.1) is 0 Å². The zero-order valence-corrected chi connectivity index (χ0v) is 11.2. The van der Waals surface area contributed by atoms with E-state index in [1.165, 1.54) is 0 Å². The van der Waals surface area contributed by atoms with E-state index in [2.05, 4.69) is 10.6 Å². The molecule has 0 fully saturated rings. The summed E-state index contributed by atoms with van der Waals surface area (Å²) in [7, 11) is 0. The van der Waals surface area contributed by atoms with Crippen LogP contribution < -0.4 is 16.4 Å². The second-order valence-corrected chi connectivity index (χ2v) is 4.42. The number of aromatic carboxylic acids is 1. The average Bonchev–Trinajstić information content (AvgIpc) is 2.46. The maximum Gasteiger partial charge on any atom is 0.335 e. The maximum absolute atomic E-state index is 10.7. The lowest BCUT2D eigenvalue weighted by molar-refractivity contribution is 0.0697. The summed E-state index contributed by atoms with van der Waals surface area (Å²) in [5.74, 6) is -0.938. The van der Waals surface area contributed by atoms with Crippen molar-refractivity contribution in [2.45, 2.75) is 6.54 Å². The molecular formula is C15H15N3O3. The summed E-state index contributed by atoms with van der Waals surface area (Å²) in [5.41, 5.74) is 7.77. The topological polar surface area (TPSA) is 104 Å². The minimum Gasteiger partial charge on any atom is -0.478 e. The molecule has 6 nitrogen and oxygen atoms in total. The number of anilines is 2. The van der Waals surface area contributed by atoms with Gasteiger partial charge >= 0.3 is 12.0 Å². The molecule has 0 heterocycles. The van der Waals surface area contributed by atoms with Crippen LogP contribution in [0.5, 0.6) is 0 Å². The summed E-state index contributed by atoms with van der Waals surface area (Å²) >= 11 is 0. The van der Waals surface area contributed by atoms with Crippen molar-refractivity contribution in [2.24, 2.45) is 5.73 Å². The van der Waals surface area contributed by atoms with Gasteiger partial charge in [0, 0.05) is 17.9 Å². The molecule has 0 spiro atoms. The molecule has 108 valence electrons. The number of nitrogens with one attached hydrogen (secondary N) is 2. The van der Waals surface area contributed by atoms with Gasteiger partial charge in [0.15, 0.2) is 0 Å². The monoisotopic (exact) mass is 285 g/mol. The number of carbonyl (C=O) groups excluding carboxylic acids is 1. The van der Waals surface area contributed by atoms with Crippen molar-refractivity contribution in [3.8, 4) is 0 Å². The summed E-state index contributed by atoms with van der Waals surface area (Å²) in [6.07, 6.45) is 0. The van der Waals surface area contributed by atoms with Crippen LogP contribution in [0.1, 0.15) is 15.9 Å². The Hall–Kier alpha value is -3.02. The summed E-state index contributed by atoms with van der Waals surface area (Å²) in [6.45, 7) is 0.572. The number of hydrogen-bond donors (Lipinski definition) is 4. The van der Waals surface area contributed by atoms with Crippen LogP contribution in [-0.4, -0.2) is 17.1 Å². The van der Waals surface area contributed by atoms with Gasteiger partial charge in [-0.3, -0.25) is 0 Å². The van der Waals surface area contributed by atoms with Crippen molar-refractivity contribution in [1.82, 2.24) is 0 Å². The number of nitrogens with two attached hydrogens (primary N) is 1. The van der Waals surface area contributed by atoms with Crippen molar-refractivity contribution in [3.63, 3.8) is 0 Å². The van der Waals surface area contributed by atoms with Crippen molar-refractivity contribution in [1.29, 1.82) is 0 Å². The first-order valence-electron chi connectivity index (χ1n) is 6.27. The number of carboxylic acid groups (broad SMARTS) is 1. The molecule has 0 aliphatic heterocycles. The molecule has 0 atom stereocenters. The Kier molecular flexibility index (Phi) is 4.40. The van der Waals surface area contributed by atoms with Crippen LogP contribution in [0.4, 0.5) is 16.2 Å². The Labute approximate surface area is 121 Å². The van der Waals surface area contributed by atoms with Gasteiger partial charge in [-0.2, -0.15) is 0 Å². The molecule has 5 N–H and O–H groups in total. The third-order valence-corrected chi connectivity index (χ3v) is 2.85. The summed E-state index contributed by atoms with van der Waals surface area (Å²) < 4.78 is 0. The minimum atomic E-state index is -0.938. The molecule has 0 saturated carbocycles. The highest BCUT2D eigenvalue weighted by molar-refractivity contribution is 5.88. The molecule has 2 aromatic rings. The number of hydrogen-bond acceptors (Lipinski definition) is 3. The summed E-state index contributed by atoms with van der Waals surface area (Å²) in [4.78, 5) is 21.4. The lowest BCUT2D eigenvalue weighted by Gasteiger charge is -2.08. The van der Waals surface area contributed by atoms with Gasteiger partial charge in [-0.05, 0) is 42.0 Å². The average molecular weight is 285 g/mol. The summed E-state index contributed by atoms with van der Waals surface area (Å²) in [6, 6.07) is 13.2. The van der Waals surface area contributed by atoms with Gasteiger partial charge in [-0.25, -0.2) is 9.59 Å². The van der Waals surface area contributed by atoms with Crippen molar-refractivity contribution in [3.05, 3.63) is 59.7 Å². The first-order chi connectivity index (χ1) is 10.0. The Morgan fingerprint density at radius 1 is 0.952 bits per heavy atom. The largest absolute Gasteiger partial charge is 0.478 e. The van der Waals surface area contributed by atoms with Gasteiger partial charge < -0.3 is 21.5 Å². The van der Waals surface area contributed by atoms with Gasteiger partial charge in [0.2, 0.25) is 0 Å². The van der Waals surface area contributed by atoms with E-state index in [1.807, 2.05) is 12.1 Å². The van der Waals surface area contributed by atoms with Gasteiger partial charge in [0.05, 0.1) is 5.56 Å². The van der Waals surface area contributed by atoms with E-state index in [-0.39, 0.29) is 5.56 Å². The Balaban J connectivity index is 1.93. The molecule has 6 heteroatoms. The number of rotatable bonds is 5. The van der Waals surface area contributed by atoms with E-state index in [9.17, 15) is 9.59 Å². The Morgan fingerprint density at radius 3 is 2.05 bits per heavy atom. The predicted molar refractivity (Wildman–Crippen MR) is 80.4 cm³/mol. The number of amides is 2. The zero-order valence-electron chi connectivity index (χ0n) is 11.2. The molecule has 0 aliphatic rings. The second-order valence-electron chi connectivity index (χ2n) is 4.42. The van der Waals surface area contributed by atoms with Crippen LogP contribution in [0.15, 0.2) is 48.5 Å². The Morgan fingerprint density at radius 2 is 1.52 bits per heavy atom. The number of primary amides is 1. The lowest BCUT2D eigenvalue weighted by Crippen LogP contribution is -2.19. The smallest absolute Gasteiger partial charge is 0.335 e. The molecule has 0 unspecified atom stereocenters. The van der Waals surface area contributed by atoms with Crippen molar-refractivity contribution < 1.29 is 14.7 Å². The van der Waals surface area contributed by atoms with E-state index >= 15 is 0 Å². The fraction of sp³-hybridized carbons (Fsp3) is 0.0667. The van der Waals surface area contributed by atoms with E-state index in [1.54, 1.807) is 36.4 Å². The van der Waals surface area contributed by atoms with Crippen LogP contribution in [0.25, 0.3) is 0 Å². The fourth-order valence-corrected chi connectivity index (χ4v) is 1.78. The molecule has 2 aromatic carbocycles. The third kappa shape index (κ3) is 4.24. The zero-order chi connectivity index (χ0) is 15.2. The van der Waals surface area contributed by atoms with Crippen LogP contribution in [0.2, 0.25) is 0 Å². The molecule has 0 bridgehead atoms. The van der Waals surface area contributed by atoms with Gasteiger partial charge in [-0.15, -0.1) is 0 Å². The summed E-state index contributed by atoms with van der Waals surface area (Å²) in [5, 5.41) is 14.5. The first kappa shape index (κ1) is 14.4. The lowest BCUT2D eigenvalue weighted by atomic mass is 10.1. The number of carbonyl (C=O) groups is 2. The normalized spacial score (nSPS) is 9.90.